The van der Waals surface area contributed by atoms with Crippen molar-refractivity contribution in [3.8, 4) is 0 Å². The van der Waals surface area contributed by atoms with Gasteiger partial charge in [0.2, 0.25) is 0 Å². The third-order valence-electron chi connectivity index (χ3n) is 3.67. The van der Waals surface area contributed by atoms with E-state index in [1.165, 1.54) is 25.7 Å². The molecule has 15 heavy (non-hydrogen) atoms. The minimum atomic E-state index is 0.371. The van der Waals surface area contributed by atoms with Crippen LogP contribution in [0.25, 0.3) is 0 Å². The minimum Gasteiger partial charge on any atom is -0.383 e. The number of methoxy groups -OCH3 is 1. The zero-order valence-electron chi connectivity index (χ0n) is 10.4. The molecule has 3 nitrogen and oxygen atoms in total. The van der Waals surface area contributed by atoms with Gasteiger partial charge in [-0.05, 0) is 26.2 Å². The second kappa shape index (κ2) is 6.46. The van der Waals surface area contributed by atoms with Crippen LogP contribution in [0.1, 0.15) is 39.5 Å². The van der Waals surface area contributed by atoms with Crippen molar-refractivity contribution in [2.45, 2.75) is 57.7 Å². The summed E-state index contributed by atoms with van der Waals surface area (Å²) in [6.07, 6.45) is 4.92. The van der Waals surface area contributed by atoms with Crippen LogP contribution < -0.4 is 5.73 Å². The standard InChI is InChI=1S/C12H26N2O/c1-4-10(2)14(8-9-15-3)12-7-5-6-11(12)13/h10-12H,4-9,13H2,1-3H3. The van der Waals surface area contributed by atoms with Gasteiger partial charge < -0.3 is 10.5 Å². The number of ether oxygens (including phenoxy) is 1. The summed E-state index contributed by atoms with van der Waals surface area (Å²) >= 11 is 0. The molecule has 1 aliphatic rings. The Morgan fingerprint density at radius 3 is 2.67 bits per heavy atom. The molecule has 0 aromatic rings. The van der Waals surface area contributed by atoms with E-state index in [-0.39, 0.29) is 0 Å². The van der Waals surface area contributed by atoms with Gasteiger partial charge in [0.15, 0.2) is 0 Å². The molecule has 0 saturated heterocycles. The summed E-state index contributed by atoms with van der Waals surface area (Å²) < 4.78 is 5.18. The van der Waals surface area contributed by atoms with E-state index in [0.29, 0.717) is 18.1 Å². The van der Waals surface area contributed by atoms with Gasteiger partial charge in [-0.2, -0.15) is 0 Å². The molecule has 0 aromatic heterocycles. The van der Waals surface area contributed by atoms with Gasteiger partial charge in [-0.1, -0.05) is 13.3 Å². The summed E-state index contributed by atoms with van der Waals surface area (Å²) in [6, 6.07) is 1.57. The van der Waals surface area contributed by atoms with Crippen LogP contribution in [0, 0.1) is 0 Å². The van der Waals surface area contributed by atoms with E-state index in [9.17, 15) is 0 Å². The average molecular weight is 214 g/mol. The second-order valence-electron chi connectivity index (χ2n) is 4.65. The van der Waals surface area contributed by atoms with E-state index in [0.717, 1.165) is 13.2 Å². The van der Waals surface area contributed by atoms with Gasteiger partial charge in [-0.25, -0.2) is 0 Å². The highest BCUT2D eigenvalue weighted by Crippen LogP contribution is 2.24. The Balaban J connectivity index is 2.53. The molecule has 0 bridgehead atoms. The van der Waals surface area contributed by atoms with Crippen molar-refractivity contribution in [3.63, 3.8) is 0 Å². The van der Waals surface area contributed by atoms with Crippen molar-refractivity contribution in [1.29, 1.82) is 0 Å². The molecule has 3 atom stereocenters. The Labute approximate surface area is 94.0 Å². The molecule has 1 saturated carbocycles. The number of nitrogens with zero attached hydrogens (tertiary/aromatic N) is 1. The van der Waals surface area contributed by atoms with E-state index in [1.54, 1.807) is 7.11 Å². The zero-order valence-corrected chi connectivity index (χ0v) is 10.4. The number of hydrogen-bond donors (Lipinski definition) is 1. The Hall–Kier alpha value is -0.120. The van der Waals surface area contributed by atoms with Crippen molar-refractivity contribution in [2.75, 3.05) is 20.3 Å². The lowest BCUT2D eigenvalue weighted by Crippen LogP contribution is -2.49. The topological polar surface area (TPSA) is 38.5 Å². The van der Waals surface area contributed by atoms with E-state index in [4.69, 9.17) is 10.5 Å². The maximum Gasteiger partial charge on any atom is 0.0589 e. The molecular weight excluding hydrogens is 188 g/mol. The molecule has 3 unspecified atom stereocenters. The van der Waals surface area contributed by atoms with E-state index in [2.05, 4.69) is 18.7 Å². The van der Waals surface area contributed by atoms with Crippen molar-refractivity contribution < 1.29 is 4.74 Å². The van der Waals surface area contributed by atoms with Crippen LogP contribution in [0.3, 0.4) is 0 Å². The fraction of sp³-hybridized carbons (Fsp3) is 1.00. The molecule has 0 aliphatic heterocycles. The fourth-order valence-corrected chi connectivity index (χ4v) is 2.53. The van der Waals surface area contributed by atoms with E-state index < -0.39 is 0 Å². The maximum atomic E-state index is 6.16. The quantitative estimate of drug-likeness (QED) is 0.730. The Morgan fingerprint density at radius 1 is 1.47 bits per heavy atom. The van der Waals surface area contributed by atoms with Crippen LogP contribution in [0.4, 0.5) is 0 Å². The van der Waals surface area contributed by atoms with Crippen LogP contribution in [-0.4, -0.2) is 43.3 Å². The van der Waals surface area contributed by atoms with E-state index >= 15 is 0 Å². The summed E-state index contributed by atoms with van der Waals surface area (Å²) in [6.45, 7) is 6.36. The molecule has 0 radical (unpaired) electrons. The van der Waals surface area contributed by atoms with Gasteiger partial charge in [0.1, 0.15) is 0 Å². The number of nitrogens with two attached hydrogens (primary N) is 1. The monoisotopic (exact) mass is 214 g/mol. The van der Waals surface area contributed by atoms with Crippen molar-refractivity contribution in [1.82, 2.24) is 4.90 Å². The maximum absolute atomic E-state index is 6.16. The molecule has 1 fully saturated rings. The zero-order chi connectivity index (χ0) is 11.3. The second-order valence-corrected chi connectivity index (χ2v) is 4.65. The van der Waals surface area contributed by atoms with Crippen LogP contribution in [0.15, 0.2) is 0 Å². The molecule has 0 aromatic carbocycles. The van der Waals surface area contributed by atoms with Gasteiger partial charge in [-0.15, -0.1) is 0 Å². The SMILES string of the molecule is CCC(C)N(CCOC)C1CCCC1N. The van der Waals surface area contributed by atoms with E-state index in [1.807, 2.05) is 0 Å². The molecule has 0 spiro atoms. The number of hydrogen-bond acceptors (Lipinski definition) is 3. The molecule has 3 heteroatoms. The molecule has 2 N–H and O–H groups in total. The van der Waals surface area contributed by atoms with Crippen LogP contribution >= 0.6 is 0 Å². The Bertz CT molecular complexity index is 175. The van der Waals surface area contributed by atoms with Gasteiger partial charge in [0.05, 0.1) is 6.61 Å². The van der Waals surface area contributed by atoms with Gasteiger partial charge >= 0.3 is 0 Å². The third-order valence-corrected chi connectivity index (χ3v) is 3.67. The molecule has 1 rings (SSSR count). The molecule has 0 amide bonds. The number of rotatable bonds is 6. The summed E-state index contributed by atoms with van der Waals surface area (Å²) in [5, 5.41) is 0. The van der Waals surface area contributed by atoms with Crippen LogP contribution in [0.5, 0.6) is 0 Å². The summed E-state index contributed by atoms with van der Waals surface area (Å²) in [7, 11) is 1.77. The normalized spacial score (nSPS) is 28.6. The lowest BCUT2D eigenvalue weighted by Gasteiger charge is -2.36. The first kappa shape index (κ1) is 12.9. The van der Waals surface area contributed by atoms with Crippen molar-refractivity contribution >= 4 is 0 Å². The highest BCUT2D eigenvalue weighted by molar-refractivity contribution is 4.89. The minimum absolute atomic E-state index is 0.371. The molecule has 1 aliphatic carbocycles. The lowest BCUT2D eigenvalue weighted by molar-refractivity contribution is 0.0839. The highest BCUT2D eigenvalue weighted by Gasteiger charge is 2.31. The molecule has 90 valence electrons. The smallest absolute Gasteiger partial charge is 0.0589 e. The first-order valence-electron chi connectivity index (χ1n) is 6.21. The Morgan fingerprint density at radius 2 is 2.20 bits per heavy atom. The molecule has 0 heterocycles. The lowest BCUT2D eigenvalue weighted by atomic mass is 10.1. The first-order chi connectivity index (χ1) is 7.20. The van der Waals surface area contributed by atoms with Crippen molar-refractivity contribution in [2.24, 2.45) is 5.73 Å². The van der Waals surface area contributed by atoms with Gasteiger partial charge in [0.25, 0.3) is 0 Å². The summed E-state index contributed by atoms with van der Waals surface area (Å²) in [5.74, 6) is 0. The van der Waals surface area contributed by atoms with Crippen LogP contribution in [-0.2, 0) is 4.74 Å². The third kappa shape index (κ3) is 3.44. The predicted octanol–water partition coefficient (Wildman–Crippen LogP) is 1.61. The first-order valence-corrected chi connectivity index (χ1v) is 6.21. The highest BCUT2D eigenvalue weighted by atomic mass is 16.5. The van der Waals surface area contributed by atoms with Gasteiger partial charge in [-0.3, -0.25) is 4.90 Å². The van der Waals surface area contributed by atoms with Gasteiger partial charge in [0, 0.05) is 31.8 Å². The molecular formula is C12H26N2O. The average Bonchev–Trinajstić information content (AvgIpc) is 2.65. The predicted molar refractivity (Wildman–Crippen MR) is 63.9 cm³/mol. The Kier molecular flexibility index (Phi) is 5.58. The van der Waals surface area contributed by atoms with Crippen LogP contribution in [0.2, 0.25) is 0 Å². The summed E-state index contributed by atoms with van der Waals surface area (Å²) in [4.78, 5) is 2.54. The van der Waals surface area contributed by atoms with Crippen molar-refractivity contribution in [3.05, 3.63) is 0 Å². The fourth-order valence-electron chi connectivity index (χ4n) is 2.53. The summed E-state index contributed by atoms with van der Waals surface area (Å²) in [5.41, 5.74) is 6.16. The largest absolute Gasteiger partial charge is 0.383 e.